The number of ether oxygens (including phenoxy) is 1. The molecule has 0 saturated carbocycles. The summed E-state index contributed by atoms with van der Waals surface area (Å²) in [5, 5.41) is 4.42. The van der Waals surface area contributed by atoms with Gasteiger partial charge in [0.1, 0.15) is 12.4 Å². The van der Waals surface area contributed by atoms with Gasteiger partial charge in [-0.15, -0.1) is 11.3 Å². The highest BCUT2D eigenvalue weighted by Crippen LogP contribution is 2.25. The van der Waals surface area contributed by atoms with E-state index in [1.54, 1.807) is 11.3 Å². The van der Waals surface area contributed by atoms with Crippen LogP contribution in [0.1, 0.15) is 27.9 Å². The summed E-state index contributed by atoms with van der Waals surface area (Å²) in [6.07, 6.45) is 1.89. The van der Waals surface area contributed by atoms with Crippen LogP contribution in [-0.2, 0) is 13.2 Å². The Balaban J connectivity index is 2.09. The van der Waals surface area contributed by atoms with E-state index in [-0.39, 0.29) is 0 Å². The van der Waals surface area contributed by atoms with E-state index in [0.717, 1.165) is 28.7 Å². The maximum Gasteiger partial charge on any atom is 0.127 e. The Morgan fingerprint density at radius 2 is 2.16 bits per heavy atom. The number of thiazole rings is 1. The van der Waals surface area contributed by atoms with Gasteiger partial charge in [-0.3, -0.25) is 0 Å². The van der Waals surface area contributed by atoms with Crippen LogP contribution in [0.4, 0.5) is 0 Å². The summed E-state index contributed by atoms with van der Waals surface area (Å²) < 4.78 is 5.99. The van der Waals surface area contributed by atoms with Gasteiger partial charge in [-0.2, -0.15) is 0 Å². The fraction of sp³-hybridized carbons (Fsp3) is 0.400. The molecule has 19 heavy (non-hydrogen) atoms. The van der Waals surface area contributed by atoms with Gasteiger partial charge in [-0.05, 0) is 26.0 Å². The molecular formula is C15H20N2OS. The molecule has 1 aromatic heterocycles. The van der Waals surface area contributed by atoms with Crippen LogP contribution in [0.15, 0.2) is 24.4 Å². The van der Waals surface area contributed by atoms with Gasteiger partial charge >= 0.3 is 0 Å². The van der Waals surface area contributed by atoms with E-state index in [4.69, 9.17) is 4.74 Å². The van der Waals surface area contributed by atoms with Crippen molar-refractivity contribution < 1.29 is 4.74 Å². The molecule has 0 atom stereocenters. The van der Waals surface area contributed by atoms with Crippen LogP contribution in [0, 0.1) is 13.8 Å². The molecule has 0 bridgehead atoms. The lowest BCUT2D eigenvalue weighted by Crippen LogP contribution is -2.13. The van der Waals surface area contributed by atoms with Gasteiger partial charge < -0.3 is 10.1 Å². The molecule has 4 heteroatoms. The van der Waals surface area contributed by atoms with Gasteiger partial charge in [-0.1, -0.05) is 25.1 Å². The number of hydrogen-bond donors (Lipinski definition) is 1. The Morgan fingerprint density at radius 1 is 1.32 bits per heavy atom. The standard InChI is InChI=1S/C15H20N2OS/c1-4-16-8-13-7-5-6-11(2)15(13)18-10-14-9-17-12(3)19-14/h5-7,9,16H,4,8,10H2,1-3H3. The molecular weight excluding hydrogens is 256 g/mol. The highest BCUT2D eigenvalue weighted by Gasteiger charge is 2.08. The number of para-hydroxylation sites is 1. The Kier molecular flexibility index (Phi) is 4.93. The molecule has 0 unspecified atom stereocenters. The molecule has 0 aliphatic rings. The first kappa shape index (κ1) is 14.0. The molecule has 0 aliphatic heterocycles. The monoisotopic (exact) mass is 276 g/mol. The van der Waals surface area contributed by atoms with E-state index in [2.05, 4.69) is 42.3 Å². The number of hydrogen-bond acceptors (Lipinski definition) is 4. The molecule has 1 aromatic carbocycles. The van der Waals surface area contributed by atoms with Crippen molar-refractivity contribution in [2.75, 3.05) is 6.54 Å². The molecule has 0 radical (unpaired) electrons. The van der Waals surface area contributed by atoms with Gasteiger partial charge in [0, 0.05) is 18.3 Å². The normalized spacial score (nSPS) is 10.7. The van der Waals surface area contributed by atoms with Crippen molar-refractivity contribution in [3.8, 4) is 5.75 Å². The van der Waals surface area contributed by atoms with E-state index in [9.17, 15) is 0 Å². The van der Waals surface area contributed by atoms with Crippen LogP contribution in [0.2, 0.25) is 0 Å². The van der Waals surface area contributed by atoms with Crippen molar-refractivity contribution in [3.63, 3.8) is 0 Å². The third-order valence-corrected chi connectivity index (χ3v) is 3.77. The smallest absolute Gasteiger partial charge is 0.127 e. The average Bonchev–Trinajstić information content (AvgIpc) is 2.81. The van der Waals surface area contributed by atoms with Gasteiger partial charge in [-0.25, -0.2) is 4.98 Å². The zero-order chi connectivity index (χ0) is 13.7. The highest BCUT2D eigenvalue weighted by molar-refractivity contribution is 7.11. The summed E-state index contributed by atoms with van der Waals surface area (Å²) in [6.45, 7) is 8.60. The molecule has 0 spiro atoms. The molecule has 2 aromatic rings. The van der Waals surface area contributed by atoms with Crippen molar-refractivity contribution in [2.24, 2.45) is 0 Å². The summed E-state index contributed by atoms with van der Waals surface area (Å²) in [7, 11) is 0. The predicted molar refractivity (Wildman–Crippen MR) is 79.7 cm³/mol. The molecule has 2 rings (SSSR count). The molecule has 0 saturated heterocycles. The van der Waals surface area contributed by atoms with E-state index in [0.29, 0.717) is 6.61 Å². The van der Waals surface area contributed by atoms with Crippen molar-refractivity contribution in [2.45, 2.75) is 33.9 Å². The summed E-state index contributed by atoms with van der Waals surface area (Å²) in [5.41, 5.74) is 2.39. The van der Waals surface area contributed by atoms with Crippen LogP contribution in [0.5, 0.6) is 5.75 Å². The maximum absolute atomic E-state index is 5.99. The van der Waals surface area contributed by atoms with Crippen LogP contribution >= 0.6 is 11.3 Å². The minimum Gasteiger partial charge on any atom is -0.487 e. The van der Waals surface area contributed by atoms with E-state index in [1.807, 2.05) is 13.1 Å². The first-order valence-electron chi connectivity index (χ1n) is 6.54. The van der Waals surface area contributed by atoms with Gasteiger partial charge in [0.15, 0.2) is 0 Å². The number of nitrogens with zero attached hydrogens (tertiary/aromatic N) is 1. The number of aryl methyl sites for hydroxylation is 2. The Morgan fingerprint density at radius 3 is 2.84 bits per heavy atom. The maximum atomic E-state index is 5.99. The summed E-state index contributed by atoms with van der Waals surface area (Å²) >= 11 is 1.68. The minimum absolute atomic E-state index is 0.593. The highest BCUT2D eigenvalue weighted by atomic mass is 32.1. The van der Waals surface area contributed by atoms with Crippen molar-refractivity contribution in [1.29, 1.82) is 0 Å². The second-order valence-corrected chi connectivity index (χ2v) is 5.80. The summed E-state index contributed by atoms with van der Waals surface area (Å²) in [4.78, 5) is 5.41. The third-order valence-electron chi connectivity index (χ3n) is 2.89. The fourth-order valence-corrected chi connectivity index (χ4v) is 2.64. The topological polar surface area (TPSA) is 34.1 Å². The molecule has 0 aliphatic carbocycles. The molecule has 3 nitrogen and oxygen atoms in total. The number of rotatable bonds is 6. The first-order valence-corrected chi connectivity index (χ1v) is 7.35. The van der Waals surface area contributed by atoms with Crippen molar-refractivity contribution in [3.05, 3.63) is 45.4 Å². The van der Waals surface area contributed by atoms with Crippen LogP contribution in [-0.4, -0.2) is 11.5 Å². The van der Waals surface area contributed by atoms with Gasteiger partial charge in [0.25, 0.3) is 0 Å². The van der Waals surface area contributed by atoms with E-state index in [1.165, 1.54) is 11.1 Å². The molecule has 102 valence electrons. The fourth-order valence-electron chi connectivity index (χ4n) is 1.93. The molecule has 1 N–H and O–H groups in total. The lowest BCUT2D eigenvalue weighted by molar-refractivity contribution is 0.303. The minimum atomic E-state index is 0.593. The lowest BCUT2D eigenvalue weighted by Gasteiger charge is -2.13. The SMILES string of the molecule is CCNCc1cccc(C)c1OCc1cnc(C)s1. The Bertz CT molecular complexity index is 537. The first-order chi connectivity index (χ1) is 9.20. The second kappa shape index (κ2) is 6.68. The molecule has 1 heterocycles. The van der Waals surface area contributed by atoms with E-state index < -0.39 is 0 Å². The summed E-state index contributed by atoms with van der Waals surface area (Å²) in [6, 6.07) is 6.28. The third kappa shape index (κ3) is 3.78. The van der Waals surface area contributed by atoms with Crippen LogP contribution in [0.25, 0.3) is 0 Å². The van der Waals surface area contributed by atoms with Gasteiger partial charge in [0.2, 0.25) is 0 Å². The zero-order valence-corrected chi connectivity index (χ0v) is 12.5. The summed E-state index contributed by atoms with van der Waals surface area (Å²) in [5.74, 6) is 0.995. The van der Waals surface area contributed by atoms with Gasteiger partial charge in [0.05, 0.1) is 9.88 Å². The largest absolute Gasteiger partial charge is 0.487 e. The average molecular weight is 276 g/mol. The van der Waals surface area contributed by atoms with E-state index >= 15 is 0 Å². The number of aromatic nitrogens is 1. The molecule has 0 fully saturated rings. The quantitative estimate of drug-likeness (QED) is 0.877. The van der Waals surface area contributed by atoms with Crippen LogP contribution < -0.4 is 10.1 Å². The van der Waals surface area contributed by atoms with Crippen LogP contribution in [0.3, 0.4) is 0 Å². The predicted octanol–water partition coefficient (Wildman–Crippen LogP) is 3.45. The Labute approximate surface area is 118 Å². The number of benzene rings is 1. The zero-order valence-electron chi connectivity index (χ0n) is 11.7. The number of nitrogens with one attached hydrogen (secondary N) is 1. The van der Waals surface area contributed by atoms with Crippen molar-refractivity contribution >= 4 is 11.3 Å². The second-order valence-electron chi connectivity index (χ2n) is 4.48. The lowest BCUT2D eigenvalue weighted by atomic mass is 10.1. The molecule has 0 amide bonds. The Hall–Kier alpha value is -1.39. The van der Waals surface area contributed by atoms with Crippen molar-refractivity contribution in [1.82, 2.24) is 10.3 Å².